The molecule has 1 aromatic heterocycles. The van der Waals surface area contributed by atoms with E-state index in [9.17, 15) is 23.4 Å². The van der Waals surface area contributed by atoms with Gasteiger partial charge in [-0.1, -0.05) is 53.3 Å². The summed E-state index contributed by atoms with van der Waals surface area (Å²) in [4.78, 5) is 20.2. The summed E-state index contributed by atoms with van der Waals surface area (Å²) in [6.45, 7) is 3.81. The summed E-state index contributed by atoms with van der Waals surface area (Å²) in [5.74, 6) is -0.00838. The van der Waals surface area contributed by atoms with E-state index in [1.165, 1.54) is 11.1 Å². The van der Waals surface area contributed by atoms with Gasteiger partial charge in [0.2, 0.25) is 0 Å². The average molecular weight is 576 g/mol. The number of rotatable bonds is 8. The number of hydrogen-bond acceptors (Lipinski definition) is 6. The van der Waals surface area contributed by atoms with Crippen LogP contribution in [0.5, 0.6) is 0 Å². The Balaban J connectivity index is 1.44. The van der Waals surface area contributed by atoms with Crippen molar-refractivity contribution in [1.29, 1.82) is 10.9 Å². The third-order valence-electron chi connectivity index (χ3n) is 7.65. The molecule has 0 spiro atoms. The summed E-state index contributed by atoms with van der Waals surface area (Å²) in [7, 11) is 0. The molecule has 0 saturated carbocycles. The highest BCUT2D eigenvalue weighted by Crippen LogP contribution is 2.33. The van der Waals surface area contributed by atoms with Gasteiger partial charge >= 0.3 is 6.18 Å². The highest BCUT2D eigenvalue weighted by molar-refractivity contribution is 5.87. The molecule has 2 heterocycles. The Morgan fingerprint density at radius 3 is 2.43 bits per heavy atom. The minimum absolute atomic E-state index is 0.00838. The lowest BCUT2D eigenvalue weighted by molar-refractivity contribution is -0.137. The standard InChI is InChI=1S/C31H32F3N7O/c1-21-10-11-27-23(18-21)19-26(30(42)37-27)28(29(35)41(38-36)13-12-22-6-3-2-4-7-22)40-16-14-39(15-17-40)25-9-5-8-24(20-25)31(32,33)34/h2-11,18-20,28,35-36H,12-17H2,1H3,(H,37,42). The molecule has 1 aliphatic rings. The van der Waals surface area contributed by atoms with E-state index in [1.54, 1.807) is 12.1 Å². The van der Waals surface area contributed by atoms with Gasteiger partial charge in [0.1, 0.15) is 11.9 Å². The SMILES string of the molecule is Cc1ccc2[nH]c(=O)c(C(C(=N)N(CCc3ccccc3)N=N)N3CCN(c4cccc(C(F)(F)F)c4)CC3)cc2c1. The molecule has 3 N–H and O–H groups in total. The second kappa shape index (κ2) is 12.2. The molecule has 1 saturated heterocycles. The first-order valence-electron chi connectivity index (χ1n) is 13.7. The summed E-state index contributed by atoms with van der Waals surface area (Å²) < 4.78 is 40.0. The fraction of sp³-hybridized carbons (Fsp3) is 0.290. The number of pyridine rings is 1. The van der Waals surface area contributed by atoms with Crippen molar-refractivity contribution in [2.24, 2.45) is 5.22 Å². The molecule has 4 aromatic rings. The number of nitrogens with one attached hydrogen (secondary N) is 3. The Labute approximate surface area is 241 Å². The fourth-order valence-electron chi connectivity index (χ4n) is 5.43. The minimum Gasteiger partial charge on any atom is -0.369 e. The number of alkyl halides is 3. The van der Waals surface area contributed by atoms with Gasteiger partial charge in [0, 0.05) is 49.5 Å². The molecule has 0 aliphatic carbocycles. The summed E-state index contributed by atoms with van der Waals surface area (Å²) in [5.41, 5.74) is 10.4. The zero-order chi connectivity index (χ0) is 29.9. The Hall–Kier alpha value is -4.51. The molecular formula is C31H32F3N7O. The number of fused-ring (bicyclic) bond motifs is 1. The van der Waals surface area contributed by atoms with Crippen LogP contribution in [-0.4, -0.2) is 53.5 Å². The van der Waals surface area contributed by atoms with Crippen molar-refractivity contribution >= 4 is 22.4 Å². The van der Waals surface area contributed by atoms with Crippen molar-refractivity contribution in [1.82, 2.24) is 14.9 Å². The molecule has 218 valence electrons. The molecule has 1 unspecified atom stereocenters. The molecule has 0 bridgehead atoms. The molecule has 5 rings (SSSR count). The van der Waals surface area contributed by atoms with Crippen LogP contribution >= 0.6 is 0 Å². The van der Waals surface area contributed by atoms with Crippen molar-refractivity contribution in [3.05, 3.63) is 111 Å². The predicted octanol–water partition coefficient (Wildman–Crippen LogP) is 6.19. The van der Waals surface area contributed by atoms with E-state index in [0.29, 0.717) is 49.4 Å². The number of nitrogens with zero attached hydrogens (tertiary/aromatic N) is 4. The van der Waals surface area contributed by atoms with Crippen LogP contribution in [0.25, 0.3) is 10.9 Å². The Morgan fingerprint density at radius 1 is 1.00 bits per heavy atom. The number of amidine groups is 1. The Kier molecular flexibility index (Phi) is 8.39. The maximum atomic E-state index is 13.4. The largest absolute Gasteiger partial charge is 0.416 e. The van der Waals surface area contributed by atoms with E-state index >= 15 is 0 Å². The highest BCUT2D eigenvalue weighted by Gasteiger charge is 2.34. The predicted molar refractivity (Wildman–Crippen MR) is 157 cm³/mol. The zero-order valence-electron chi connectivity index (χ0n) is 23.2. The molecule has 1 atom stereocenters. The van der Waals surface area contributed by atoms with Crippen LogP contribution in [0, 0.1) is 17.9 Å². The van der Waals surface area contributed by atoms with Gasteiger partial charge in [-0.25, -0.2) is 5.01 Å². The van der Waals surface area contributed by atoms with Crippen LogP contribution in [0.15, 0.2) is 88.9 Å². The van der Waals surface area contributed by atoms with Gasteiger partial charge in [0.25, 0.3) is 5.56 Å². The summed E-state index contributed by atoms with van der Waals surface area (Å²) >= 11 is 0. The molecule has 11 heteroatoms. The normalized spacial score (nSPS) is 15.0. The monoisotopic (exact) mass is 575 g/mol. The number of benzene rings is 3. The maximum Gasteiger partial charge on any atom is 0.416 e. The second-order valence-electron chi connectivity index (χ2n) is 10.5. The lowest BCUT2D eigenvalue weighted by Crippen LogP contribution is -2.52. The lowest BCUT2D eigenvalue weighted by Gasteiger charge is -2.41. The molecule has 0 amide bonds. The third kappa shape index (κ3) is 6.36. The number of hydrogen-bond donors (Lipinski definition) is 3. The number of H-pyrrole nitrogens is 1. The van der Waals surface area contributed by atoms with E-state index in [2.05, 4.69) is 10.2 Å². The average Bonchev–Trinajstić information content (AvgIpc) is 2.98. The minimum atomic E-state index is -4.43. The topological polar surface area (TPSA) is 103 Å². The highest BCUT2D eigenvalue weighted by atomic mass is 19.4. The van der Waals surface area contributed by atoms with Crippen LogP contribution in [0.2, 0.25) is 0 Å². The number of anilines is 1. The number of halogens is 3. The van der Waals surface area contributed by atoms with E-state index in [1.807, 2.05) is 65.3 Å². The number of aromatic amines is 1. The van der Waals surface area contributed by atoms with E-state index in [-0.39, 0.29) is 17.9 Å². The van der Waals surface area contributed by atoms with Gasteiger partial charge in [-0.15, -0.1) is 0 Å². The van der Waals surface area contributed by atoms with Gasteiger partial charge in [-0.3, -0.25) is 15.1 Å². The first-order valence-corrected chi connectivity index (χ1v) is 13.7. The number of aromatic nitrogens is 1. The molecule has 1 aliphatic heterocycles. The fourth-order valence-corrected chi connectivity index (χ4v) is 5.43. The summed E-state index contributed by atoms with van der Waals surface area (Å²) in [6, 6.07) is 21.7. The van der Waals surface area contributed by atoms with Gasteiger partial charge in [-0.05, 0) is 60.7 Å². The van der Waals surface area contributed by atoms with Crippen LogP contribution in [-0.2, 0) is 12.6 Å². The second-order valence-corrected chi connectivity index (χ2v) is 10.5. The van der Waals surface area contributed by atoms with Gasteiger partial charge in [-0.2, -0.15) is 18.7 Å². The number of aryl methyl sites for hydroxylation is 1. The Bertz CT molecular complexity index is 1630. The first-order chi connectivity index (χ1) is 20.1. The van der Waals surface area contributed by atoms with E-state index < -0.39 is 17.8 Å². The molecule has 42 heavy (non-hydrogen) atoms. The van der Waals surface area contributed by atoms with Crippen molar-refractivity contribution in [2.75, 3.05) is 37.6 Å². The van der Waals surface area contributed by atoms with Crippen molar-refractivity contribution in [2.45, 2.75) is 25.6 Å². The molecular weight excluding hydrogens is 543 g/mol. The lowest BCUT2D eigenvalue weighted by atomic mass is 10.0. The molecule has 8 nitrogen and oxygen atoms in total. The smallest absolute Gasteiger partial charge is 0.369 e. The van der Waals surface area contributed by atoms with Gasteiger partial charge in [0.05, 0.1) is 5.56 Å². The molecule has 0 radical (unpaired) electrons. The summed E-state index contributed by atoms with van der Waals surface area (Å²) in [6.07, 6.45) is -3.88. The van der Waals surface area contributed by atoms with Crippen LogP contribution in [0.1, 0.15) is 28.3 Å². The maximum absolute atomic E-state index is 13.4. The summed E-state index contributed by atoms with van der Waals surface area (Å²) in [5, 5.41) is 15.0. The van der Waals surface area contributed by atoms with E-state index in [0.717, 1.165) is 28.6 Å². The molecule has 1 fully saturated rings. The first kappa shape index (κ1) is 29.0. The van der Waals surface area contributed by atoms with Crippen LogP contribution < -0.4 is 10.5 Å². The van der Waals surface area contributed by atoms with Gasteiger partial charge in [0.15, 0.2) is 0 Å². The molecule has 3 aromatic carbocycles. The quantitative estimate of drug-likeness (QED) is 0.101. The number of piperazine rings is 1. The van der Waals surface area contributed by atoms with Crippen molar-refractivity contribution in [3.63, 3.8) is 0 Å². The zero-order valence-corrected chi connectivity index (χ0v) is 23.2. The van der Waals surface area contributed by atoms with Crippen LogP contribution in [0.3, 0.4) is 0 Å². The van der Waals surface area contributed by atoms with Crippen LogP contribution in [0.4, 0.5) is 18.9 Å². The van der Waals surface area contributed by atoms with Crippen molar-refractivity contribution < 1.29 is 13.2 Å². The van der Waals surface area contributed by atoms with Crippen molar-refractivity contribution in [3.8, 4) is 0 Å². The van der Waals surface area contributed by atoms with E-state index in [4.69, 9.17) is 5.53 Å². The Morgan fingerprint density at radius 2 is 1.74 bits per heavy atom. The third-order valence-corrected chi connectivity index (χ3v) is 7.65. The van der Waals surface area contributed by atoms with Gasteiger partial charge < -0.3 is 9.88 Å².